The molecule has 4 nitrogen and oxygen atoms in total. The Hall–Kier alpha value is -1.39. The summed E-state index contributed by atoms with van der Waals surface area (Å²) < 4.78 is 0. The first-order valence-electron chi connectivity index (χ1n) is 4.30. The maximum atomic E-state index is 10.8. The van der Waals surface area contributed by atoms with Crippen LogP contribution in [-0.4, -0.2) is 16.2 Å². The minimum atomic E-state index is -1.00. The molecule has 0 amide bonds. The third kappa shape index (κ3) is 3.64. The summed E-state index contributed by atoms with van der Waals surface area (Å²) in [5.41, 5.74) is 3.68. The van der Waals surface area contributed by atoms with Crippen molar-refractivity contribution in [3.8, 4) is 0 Å². The van der Waals surface area contributed by atoms with Crippen molar-refractivity contribution in [1.29, 1.82) is 0 Å². The van der Waals surface area contributed by atoms with Crippen LogP contribution < -0.4 is 5.43 Å². The van der Waals surface area contributed by atoms with Gasteiger partial charge in [-0.05, 0) is 42.3 Å². The summed E-state index contributed by atoms with van der Waals surface area (Å²) in [5, 5.41) is 1.53. The normalized spacial score (nSPS) is 9.44. The van der Waals surface area contributed by atoms with E-state index in [-0.39, 0.29) is 0 Å². The van der Waals surface area contributed by atoms with E-state index in [1.54, 1.807) is 12.1 Å². The van der Waals surface area contributed by atoms with Crippen LogP contribution in [0.3, 0.4) is 0 Å². The molecule has 0 bridgehead atoms. The fraction of sp³-hybridized carbons (Fsp3) is 0.100. The Morgan fingerprint density at radius 3 is 2.06 bits per heavy atom. The summed E-state index contributed by atoms with van der Waals surface area (Å²) in [6.07, 6.45) is 0. The SMILES string of the molecule is Cc1ccc(NN=C(C(=O)Cl)C(=O)Cl)cc1. The largest absolute Gasteiger partial charge is 0.278 e. The van der Waals surface area contributed by atoms with Crippen LogP contribution in [0.5, 0.6) is 0 Å². The van der Waals surface area contributed by atoms with E-state index in [0.29, 0.717) is 5.69 Å². The van der Waals surface area contributed by atoms with Crippen LogP contribution in [0.1, 0.15) is 5.56 Å². The third-order valence-corrected chi connectivity index (χ3v) is 2.08. The monoisotopic (exact) mass is 258 g/mol. The van der Waals surface area contributed by atoms with E-state index in [4.69, 9.17) is 23.2 Å². The fourth-order valence-corrected chi connectivity index (χ4v) is 1.22. The van der Waals surface area contributed by atoms with Gasteiger partial charge < -0.3 is 0 Å². The molecular weight excluding hydrogens is 251 g/mol. The van der Waals surface area contributed by atoms with Gasteiger partial charge in [-0.15, -0.1) is 0 Å². The number of hydrogen-bond donors (Lipinski definition) is 1. The summed E-state index contributed by atoms with van der Waals surface area (Å²) in [6, 6.07) is 7.19. The van der Waals surface area contributed by atoms with Crippen molar-refractivity contribution >= 4 is 45.1 Å². The Morgan fingerprint density at radius 2 is 1.62 bits per heavy atom. The van der Waals surface area contributed by atoms with Crippen LogP contribution in [0.4, 0.5) is 5.69 Å². The number of aryl methyl sites for hydroxylation is 1. The molecule has 1 aromatic carbocycles. The van der Waals surface area contributed by atoms with Gasteiger partial charge in [0.2, 0.25) is 5.71 Å². The van der Waals surface area contributed by atoms with Gasteiger partial charge in [0, 0.05) is 0 Å². The summed E-state index contributed by atoms with van der Waals surface area (Å²) in [7, 11) is 0. The topological polar surface area (TPSA) is 58.5 Å². The standard InChI is InChI=1S/C10H8Cl2N2O2/c1-6-2-4-7(5-3-6)13-14-8(9(11)15)10(12)16/h2-5,13H,1H3. The first-order valence-corrected chi connectivity index (χ1v) is 5.06. The third-order valence-electron chi connectivity index (χ3n) is 1.72. The van der Waals surface area contributed by atoms with E-state index in [2.05, 4.69) is 10.5 Å². The van der Waals surface area contributed by atoms with E-state index < -0.39 is 16.2 Å². The Labute approximate surface area is 102 Å². The van der Waals surface area contributed by atoms with Crippen LogP contribution in [0, 0.1) is 6.92 Å². The van der Waals surface area contributed by atoms with E-state index in [0.717, 1.165) is 5.56 Å². The van der Waals surface area contributed by atoms with Gasteiger partial charge in [0.25, 0.3) is 10.5 Å². The van der Waals surface area contributed by atoms with Crippen molar-refractivity contribution in [1.82, 2.24) is 0 Å². The summed E-state index contributed by atoms with van der Waals surface area (Å²) >= 11 is 10.2. The fourth-order valence-electron chi connectivity index (χ4n) is 0.914. The lowest BCUT2D eigenvalue weighted by molar-refractivity contribution is -0.109. The van der Waals surface area contributed by atoms with Crippen molar-refractivity contribution in [2.45, 2.75) is 6.92 Å². The number of nitrogens with one attached hydrogen (secondary N) is 1. The van der Waals surface area contributed by atoms with Crippen molar-refractivity contribution < 1.29 is 9.59 Å². The van der Waals surface area contributed by atoms with Crippen LogP contribution in [0.15, 0.2) is 29.4 Å². The maximum absolute atomic E-state index is 10.8. The minimum absolute atomic E-state index is 0.538. The molecule has 6 heteroatoms. The summed E-state index contributed by atoms with van der Waals surface area (Å²) in [4.78, 5) is 21.5. The predicted octanol–water partition coefficient (Wildman–Crippen LogP) is 2.29. The Morgan fingerprint density at radius 1 is 1.12 bits per heavy atom. The highest BCUT2D eigenvalue weighted by molar-refractivity contribution is 7.01. The first kappa shape index (κ1) is 12.7. The molecule has 0 fully saturated rings. The lowest BCUT2D eigenvalue weighted by Crippen LogP contribution is -2.17. The maximum Gasteiger partial charge on any atom is 0.277 e. The molecule has 0 aliphatic heterocycles. The predicted molar refractivity (Wildman–Crippen MR) is 64.0 cm³/mol. The molecule has 1 aromatic rings. The lowest BCUT2D eigenvalue weighted by Gasteiger charge is -2.01. The number of benzene rings is 1. The number of nitrogens with zero attached hydrogens (tertiary/aromatic N) is 1. The Kier molecular flexibility index (Phi) is 4.46. The smallest absolute Gasteiger partial charge is 0.277 e. The highest BCUT2D eigenvalue weighted by Gasteiger charge is 2.15. The van der Waals surface area contributed by atoms with Gasteiger partial charge in [-0.1, -0.05) is 17.7 Å². The number of hydrogen-bond acceptors (Lipinski definition) is 4. The quantitative estimate of drug-likeness (QED) is 0.390. The summed E-state index contributed by atoms with van der Waals surface area (Å²) in [6.45, 7) is 1.93. The Balaban J connectivity index is 2.81. The molecule has 1 N–H and O–H groups in total. The zero-order chi connectivity index (χ0) is 12.1. The second-order valence-corrected chi connectivity index (χ2v) is 3.67. The number of halogens is 2. The van der Waals surface area contributed by atoms with Crippen LogP contribution >= 0.6 is 23.2 Å². The highest BCUT2D eigenvalue weighted by Crippen LogP contribution is 2.08. The molecule has 0 aliphatic rings. The molecule has 84 valence electrons. The van der Waals surface area contributed by atoms with Crippen LogP contribution in [-0.2, 0) is 9.59 Å². The molecule has 0 saturated carbocycles. The molecule has 0 aromatic heterocycles. The van der Waals surface area contributed by atoms with Gasteiger partial charge in [0.15, 0.2) is 0 Å². The average molecular weight is 259 g/mol. The number of carbonyl (C=O) groups is 2. The van der Waals surface area contributed by atoms with Crippen molar-refractivity contribution in [2.24, 2.45) is 5.10 Å². The molecule has 16 heavy (non-hydrogen) atoms. The highest BCUT2D eigenvalue weighted by atomic mass is 35.5. The van der Waals surface area contributed by atoms with Gasteiger partial charge in [-0.2, -0.15) is 5.10 Å². The lowest BCUT2D eigenvalue weighted by atomic mass is 10.2. The molecule has 0 aliphatic carbocycles. The van der Waals surface area contributed by atoms with Crippen molar-refractivity contribution in [3.63, 3.8) is 0 Å². The van der Waals surface area contributed by atoms with Gasteiger partial charge >= 0.3 is 0 Å². The van der Waals surface area contributed by atoms with Gasteiger partial charge in [0.05, 0.1) is 5.69 Å². The van der Waals surface area contributed by atoms with Crippen molar-refractivity contribution in [2.75, 3.05) is 5.43 Å². The van der Waals surface area contributed by atoms with E-state index in [1.165, 1.54) is 0 Å². The molecular formula is C10H8Cl2N2O2. The molecule has 0 unspecified atom stereocenters. The molecule has 1 rings (SSSR count). The molecule has 0 radical (unpaired) electrons. The van der Waals surface area contributed by atoms with Crippen LogP contribution in [0.2, 0.25) is 0 Å². The average Bonchev–Trinajstić information content (AvgIpc) is 2.20. The van der Waals surface area contributed by atoms with Gasteiger partial charge in [-0.3, -0.25) is 15.0 Å². The second kappa shape index (κ2) is 5.63. The number of carbonyl (C=O) groups excluding carboxylic acids is 2. The molecule has 0 heterocycles. The molecule has 0 atom stereocenters. The van der Waals surface area contributed by atoms with E-state index >= 15 is 0 Å². The van der Waals surface area contributed by atoms with E-state index in [9.17, 15) is 9.59 Å². The Bertz CT molecular complexity index is 425. The van der Waals surface area contributed by atoms with Gasteiger partial charge in [-0.25, -0.2) is 0 Å². The first-order chi connectivity index (χ1) is 7.50. The van der Waals surface area contributed by atoms with Crippen molar-refractivity contribution in [3.05, 3.63) is 29.8 Å². The van der Waals surface area contributed by atoms with E-state index in [1.807, 2.05) is 19.1 Å². The van der Waals surface area contributed by atoms with Crippen LogP contribution in [0.25, 0.3) is 0 Å². The second-order valence-electron chi connectivity index (χ2n) is 2.99. The minimum Gasteiger partial charge on any atom is -0.278 e. The molecule has 0 saturated heterocycles. The van der Waals surface area contributed by atoms with Gasteiger partial charge in [0.1, 0.15) is 0 Å². The summed E-state index contributed by atoms with van der Waals surface area (Å²) in [5.74, 6) is 0. The molecule has 0 spiro atoms. The zero-order valence-corrected chi connectivity index (χ0v) is 9.84. The number of rotatable bonds is 4. The number of anilines is 1. The number of hydrazone groups is 1. The zero-order valence-electron chi connectivity index (χ0n) is 8.33.